The monoisotopic (exact) mass is 419 g/mol. The van der Waals surface area contributed by atoms with Crippen LogP contribution in [0, 0.1) is 6.92 Å². The van der Waals surface area contributed by atoms with E-state index in [2.05, 4.69) is 5.32 Å². The maximum Gasteiger partial charge on any atom is 0.341 e. The van der Waals surface area contributed by atoms with Gasteiger partial charge in [-0.3, -0.25) is 9.59 Å². The zero-order valence-corrected chi connectivity index (χ0v) is 17.0. The zero-order chi connectivity index (χ0) is 21.6. The van der Waals surface area contributed by atoms with Crippen LogP contribution in [-0.4, -0.2) is 41.9 Å². The van der Waals surface area contributed by atoms with Gasteiger partial charge in [0, 0.05) is 0 Å². The highest BCUT2D eigenvalue weighted by atomic mass is 32.1. The number of aliphatic hydroxyl groups is 1. The lowest BCUT2D eigenvalue weighted by atomic mass is 10.1. The lowest BCUT2D eigenvalue weighted by Gasteiger charge is -2.11. The van der Waals surface area contributed by atoms with E-state index in [4.69, 9.17) is 9.47 Å². The minimum absolute atomic E-state index is 0.0889. The molecule has 0 unspecified atom stereocenters. The van der Waals surface area contributed by atoms with Gasteiger partial charge in [0.2, 0.25) is 0 Å². The van der Waals surface area contributed by atoms with Gasteiger partial charge in [-0.15, -0.1) is 11.3 Å². The van der Waals surface area contributed by atoms with Crippen molar-refractivity contribution < 1.29 is 33.8 Å². The molecule has 0 saturated carbocycles. The van der Waals surface area contributed by atoms with Crippen LogP contribution >= 0.6 is 11.3 Å². The number of Topliss-reactive ketones (excluding diaryl/α,β-unsaturated/α-hetero) is 1. The minimum Gasteiger partial charge on any atom is -0.462 e. The molecule has 2 aromatic rings. The predicted molar refractivity (Wildman–Crippen MR) is 106 cm³/mol. The molecule has 1 atom stereocenters. The number of carbonyl (C=O) groups is 4. The number of amides is 1. The molecule has 2 rings (SSSR count). The first-order chi connectivity index (χ1) is 13.8. The number of rotatable bonds is 8. The summed E-state index contributed by atoms with van der Waals surface area (Å²) in [6.45, 7) is 4.04. The highest BCUT2D eigenvalue weighted by Crippen LogP contribution is 2.34. The fourth-order valence-electron chi connectivity index (χ4n) is 2.54. The zero-order valence-electron chi connectivity index (χ0n) is 16.2. The highest BCUT2D eigenvalue weighted by molar-refractivity contribution is 7.18. The topological polar surface area (TPSA) is 119 Å². The van der Waals surface area contributed by atoms with Crippen LogP contribution in [0.3, 0.4) is 0 Å². The van der Waals surface area contributed by atoms with Crippen LogP contribution < -0.4 is 5.32 Å². The third-order valence-corrected chi connectivity index (χ3v) is 5.19. The van der Waals surface area contributed by atoms with E-state index in [1.165, 1.54) is 6.92 Å². The maximum atomic E-state index is 12.2. The molecule has 0 saturated heterocycles. The maximum absolute atomic E-state index is 12.2. The second-order valence-electron chi connectivity index (χ2n) is 6.01. The molecule has 0 bridgehead atoms. The lowest BCUT2D eigenvalue weighted by molar-refractivity contribution is -0.156. The second-order valence-corrected chi connectivity index (χ2v) is 7.03. The third-order valence-electron chi connectivity index (χ3n) is 3.88. The summed E-state index contributed by atoms with van der Waals surface area (Å²) >= 11 is 0.942. The Morgan fingerprint density at radius 2 is 1.79 bits per heavy atom. The summed E-state index contributed by atoms with van der Waals surface area (Å²) in [5, 5.41) is 12.6. The molecule has 0 aliphatic carbocycles. The van der Waals surface area contributed by atoms with Gasteiger partial charge in [0.25, 0.3) is 5.91 Å². The van der Waals surface area contributed by atoms with Crippen molar-refractivity contribution in [2.24, 2.45) is 0 Å². The van der Waals surface area contributed by atoms with Crippen molar-refractivity contribution in [2.75, 3.05) is 18.5 Å². The fraction of sp³-hybridized carbons (Fsp3) is 0.300. The van der Waals surface area contributed by atoms with Gasteiger partial charge < -0.3 is 19.9 Å². The third kappa shape index (κ3) is 5.49. The number of hydrogen-bond donors (Lipinski definition) is 2. The molecular weight excluding hydrogens is 398 g/mol. The van der Waals surface area contributed by atoms with Crippen molar-refractivity contribution >= 4 is 40.0 Å². The first kappa shape index (κ1) is 22.3. The first-order valence-electron chi connectivity index (χ1n) is 8.77. The van der Waals surface area contributed by atoms with Crippen LogP contribution in [-0.2, 0) is 19.1 Å². The quantitative estimate of drug-likeness (QED) is 0.499. The number of aliphatic hydroxyl groups excluding tert-OH is 1. The number of anilines is 1. The van der Waals surface area contributed by atoms with Crippen molar-refractivity contribution in [3.05, 3.63) is 51.9 Å². The van der Waals surface area contributed by atoms with Gasteiger partial charge in [0.1, 0.15) is 5.00 Å². The van der Waals surface area contributed by atoms with Gasteiger partial charge in [0.05, 0.1) is 17.0 Å². The molecule has 1 amide bonds. The average molecular weight is 419 g/mol. The Bertz CT molecular complexity index is 920. The largest absolute Gasteiger partial charge is 0.462 e. The summed E-state index contributed by atoms with van der Waals surface area (Å²) in [6.07, 6.45) is -1.52. The summed E-state index contributed by atoms with van der Waals surface area (Å²) in [5.74, 6) is -2.62. The molecule has 0 aliphatic heterocycles. The van der Waals surface area contributed by atoms with Crippen molar-refractivity contribution in [1.29, 1.82) is 0 Å². The van der Waals surface area contributed by atoms with Crippen molar-refractivity contribution in [1.82, 2.24) is 0 Å². The van der Waals surface area contributed by atoms with Gasteiger partial charge in [-0.2, -0.15) is 0 Å². The molecule has 0 fully saturated rings. The average Bonchev–Trinajstić information content (AvgIpc) is 3.02. The Hall–Kier alpha value is -3.04. The number of ether oxygens (including phenoxy) is 2. The number of ketones is 1. The molecular formula is C20H21NO7S. The van der Waals surface area contributed by atoms with E-state index in [0.717, 1.165) is 11.3 Å². The van der Waals surface area contributed by atoms with Crippen molar-refractivity contribution in [2.45, 2.75) is 26.9 Å². The molecule has 0 radical (unpaired) electrons. The van der Waals surface area contributed by atoms with Crippen LogP contribution in [0.1, 0.15) is 51.1 Å². The molecule has 9 heteroatoms. The molecule has 29 heavy (non-hydrogen) atoms. The summed E-state index contributed by atoms with van der Waals surface area (Å²) < 4.78 is 9.83. The molecule has 154 valence electrons. The smallest absolute Gasteiger partial charge is 0.341 e. The Morgan fingerprint density at radius 1 is 1.14 bits per heavy atom. The molecule has 1 heterocycles. The molecule has 2 N–H and O–H groups in total. The Kier molecular flexibility index (Phi) is 7.63. The normalized spacial score (nSPS) is 11.4. The number of thiophene rings is 1. The number of benzene rings is 1. The molecule has 0 spiro atoms. The van der Waals surface area contributed by atoms with Gasteiger partial charge >= 0.3 is 11.9 Å². The van der Waals surface area contributed by atoms with E-state index in [0.29, 0.717) is 16.0 Å². The van der Waals surface area contributed by atoms with E-state index >= 15 is 0 Å². The van der Waals surface area contributed by atoms with Gasteiger partial charge in [-0.25, -0.2) is 9.59 Å². The molecule has 1 aromatic heterocycles. The first-order valence-corrected chi connectivity index (χ1v) is 9.58. The SMILES string of the molecule is CCOC(=O)c1c(NC(=O)COC(=O)[C@H](O)c2ccccc2)sc(C(C)=O)c1C. The molecule has 0 aliphatic rings. The number of hydrogen-bond acceptors (Lipinski definition) is 8. The van der Waals surface area contributed by atoms with E-state index < -0.39 is 30.6 Å². The van der Waals surface area contributed by atoms with Crippen LogP contribution in [0.25, 0.3) is 0 Å². The summed E-state index contributed by atoms with van der Waals surface area (Å²) in [7, 11) is 0. The summed E-state index contributed by atoms with van der Waals surface area (Å²) in [6, 6.07) is 8.14. The summed E-state index contributed by atoms with van der Waals surface area (Å²) in [5.41, 5.74) is 0.835. The molecule has 1 aromatic carbocycles. The second kappa shape index (κ2) is 9.94. The Morgan fingerprint density at radius 3 is 2.38 bits per heavy atom. The van der Waals surface area contributed by atoms with Crippen LogP contribution in [0.15, 0.2) is 30.3 Å². The number of carbonyl (C=O) groups excluding carboxylic acids is 4. The van der Waals surface area contributed by atoms with Crippen molar-refractivity contribution in [3.8, 4) is 0 Å². The van der Waals surface area contributed by atoms with E-state index in [9.17, 15) is 24.3 Å². The van der Waals surface area contributed by atoms with E-state index in [1.807, 2.05) is 0 Å². The predicted octanol–water partition coefficient (Wildman–Crippen LogP) is 2.65. The van der Waals surface area contributed by atoms with Crippen LogP contribution in [0.4, 0.5) is 5.00 Å². The van der Waals surface area contributed by atoms with Gasteiger partial charge in [0.15, 0.2) is 18.5 Å². The number of nitrogens with one attached hydrogen (secondary N) is 1. The van der Waals surface area contributed by atoms with E-state index in [-0.39, 0.29) is 23.0 Å². The number of esters is 2. The Balaban J connectivity index is 2.08. The molecule has 8 nitrogen and oxygen atoms in total. The fourth-order valence-corrected chi connectivity index (χ4v) is 3.64. The highest BCUT2D eigenvalue weighted by Gasteiger charge is 2.26. The minimum atomic E-state index is -1.52. The van der Waals surface area contributed by atoms with Crippen molar-refractivity contribution in [3.63, 3.8) is 0 Å². The van der Waals surface area contributed by atoms with Gasteiger partial charge in [-0.1, -0.05) is 30.3 Å². The Labute approximate surface area is 171 Å². The lowest BCUT2D eigenvalue weighted by Crippen LogP contribution is -2.24. The summed E-state index contributed by atoms with van der Waals surface area (Å²) in [4.78, 5) is 48.4. The van der Waals surface area contributed by atoms with Crippen LogP contribution in [0.5, 0.6) is 0 Å². The van der Waals surface area contributed by atoms with Crippen LogP contribution in [0.2, 0.25) is 0 Å². The van der Waals surface area contributed by atoms with Gasteiger partial charge in [-0.05, 0) is 31.9 Å². The standard InChI is InChI=1S/C20H21NO7S/c1-4-27-19(25)15-11(2)17(12(3)22)29-18(15)21-14(23)10-28-20(26)16(24)13-8-6-5-7-9-13/h5-9,16,24H,4,10H2,1-3H3,(H,21,23)/t16-/m1/s1. The van der Waals surface area contributed by atoms with E-state index in [1.54, 1.807) is 44.2 Å².